The number of aryl methyl sites for hydroxylation is 3. The molecule has 6 aromatic rings. The Balaban J connectivity index is 1.46. The van der Waals surface area contributed by atoms with E-state index in [0.717, 1.165) is 27.6 Å². The highest BCUT2D eigenvalue weighted by Gasteiger charge is 2.14. The molecule has 0 aliphatic heterocycles. The highest BCUT2D eigenvalue weighted by molar-refractivity contribution is 5.99. The number of phenols is 2. The lowest BCUT2D eigenvalue weighted by Crippen LogP contribution is -1.95. The molecular weight excluding hydrogens is 504 g/mol. The number of aromatic nitrogens is 1. The normalized spacial score (nSPS) is 11.4. The van der Waals surface area contributed by atoms with Crippen molar-refractivity contribution in [3.05, 3.63) is 132 Å². The summed E-state index contributed by atoms with van der Waals surface area (Å²) in [6.45, 7) is 6.30. The lowest BCUT2D eigenvalue weighted by atomic mass is 9.92. The van der Waals surface area contributed by atoms with Crippen molar-refractivity contribution in [2.45, 2.75) is 20.8 Å². The van der Waals surface area contributed by atoms with Crippen molar-refractivity contribution in [3.8, 4) is 45.0 Å². The van der Waals surface area contributed by atoms with E-state index < -0.39 is 0 Å². The summed E-state index contributed by atoms with van der Waals surface area (Å²) in [6.07, 6.45) is 1.71. The fourth-order valence-corrected chi connectivity index (χ4v) is 5.64. The molecule has 1 aromatic heterocycles. The Labute approximate surface area is 240 Å². The molecule has 0 saturated heterocycles. The van der Waals surface area contributed by atoms with Crippen molar-refractivity contribution in [2.75, 3.05) is 0 Å². The van der Waals surface area contributed by atoms with E-state index in [9.17, 15) is 10.2 Å². The maximum atomic E-state index is 11.3. The van der Waals surface area contributed by atoms with Gasteiger partial charge >= 0.3 is 0 Å². The molecule has 0 atom stereocenters. The first kappa shape index (κ1) is 26.0. The Morgan fingerprint density at radius 2 is 1.37 bits per heavy atom. The molecule has 6 rings (SSSR count). The number of hydrogen-bond donors (Lipinski definition) is 2. The first-order valence-electron chi connectivity index (χ1n) is 13.6. The number of aromatic hydroxyl groups is 2. The van der Waals surface area contributed by atoms with E-state index in [1.54, 1.807) is 12.3 Å². The topological polar surface area (TPSA) is 65.7 Å². The van der Waals surface area contributed by atoms with Crippen molar-refractivity contribution in [1.29, 1.82) is 0 Å². The Morgan fingerprint density at radius 3 is 2.10 bits per heavy atom. The zero-order valence-corrected chi connectivity index (χ0v) is 23.3. The van der Waals surface area contributed by atoms with Crippen molar-refractivity contribution in [3.63, 3.8) is 0 Å². The number of hydrogen-bond acceptors (Lipinski definition) is 4. The van der Waals surface area contributed by atoms with Gasteiger partial charge in [0.1, 0.15) is 11.5 Å². The lowest BCUT2D eigenvalue weighted by Gasteiger charge is -2.14. The summed E-state index contributed by atoms with van der Waals surface area (Å²) in [4.78, 5) is 9.61. The van der Waals surface area contributed by atoms with Crippen LogP contribution < -0.4 is 0 Å². The predicted molar refractivity (Wildman–Crippen MR) is 169 cm³/mol. The van der Waals surface area contributed by atoms with Gasteiger partial charge in [0.2, 0.25) is 0 Å². The molecule has 0 saturated carbocycles. The zero-order valence-electron chi connectivity index (χ0n) is 23.3. The molecular formula is C37H30N2O2. The minimum atomic E-state index is 0.168. The average Bonchev–Trinajstić information content (AvgIpc) is 2.96. The molecule has 0 aliphatic rings. The van der Waals surface area contributed by atoms with Gasteiger partial charge in [0.25, 0.3) is 0 Å². The first-order valence-corrected chi connectivity index (χ1v) is 13.6. The monoisotopic (exact) mass is 534 g/mol. The van der Waals surface area contributed by atoms with Crippen LogP contribution in [0.15, 0.2) is 114 Å². The number of fused-ring (bicyclic) bond motifs is 1. The summed E-state index contributed by atoms with van der Waals surface area (Å²) < 4.78 is 0. The van der Waals surface area contributed by atoms with Crippen LogP contribution >= 0.6 is 0 Å². The van der Waals surface area contributed by atoms with Gasteiger partial charge in [-0.25, -0.2) is 4.98 Å². The highest BCUT2D eigenvalue weighted by Crippen LogP contribution is 2.37. The molecule has 2 N–H and O–H groups in total. The molecule has 0 spiro atoms. The first-order chi connectivity index (χ1) is 19.9. The second kappa shape index (κ2) is 10.7. The number of nitrogens with zero attached hydrogens (tertiary/aromatic N) is 2. The van der Waals surface area contributed by atoms with Gasteiger partial charge in [-0.05, 0) is 95.9 Å². The molecule has 4 heteroatoms. The fraction of sp³-hybridized carbons (Fsp3) is 0.0811. The summed E-state index contributed by atoms with van der Waals surface area (Å²) in [5, 5.41) is 23.4. The van der Waals surface area contributed by atoms with Gasteiger partial charge in [-0.2, -0.15) is 0 Å². The smallest absolute Gasteiger partial charge is 0.125 e. The molecule has 0 bridgehead atoms. The minimum Gasteiger partial charge on any atom is -0.507 e. The van der Waals surface area contributed by atoms with Gasteiger partial charge in [-0.1, -0.05) is 78.4 Å². The molecule has 0 fully saturated rings. The fourth-order valence-electron chi connectivity index (χ4n) is 5.64. The van der Waals surface area contributed by atoms with Gasteiger partial charge in [0.15, 0.2) is 0 Å². The molecule has 0 radical (unpaired) electrons. The van der Waals surface area contributed by atoms with Gasteiger partial charge in [-0.15, -0.1) is 0 Å². The number of pyridine rings is 1. The second-order valence-electron chi connectivity index (χ2n) is 10.4. The maximum Gasteiger partial charge on any atom is 0.125 e. The summed E-state index contributed by atoms with van der Waals surface area (Å²) in [7, 11) is 0. The maximum absolute atomic E-state index is 11.3. The molecule has 5 aromatic carbocycles. The number of rotatable bonds is 5. The SMILES string of the molecule is Cc1cc(C)c(-c2ccc(-c3cc(-c4ccccc4)cc(C=Nc4cccc5cccc(O)c45)n3)c(O)c2)c(C)c1. The van der Waals surface area contributed by atoms with Gasteiger partial charge in [0.05, 0.1) is 23.3 Å². The highest BCUT2D eigenvalue weighted by atomic mass is 16.3. The zero-order chi connectivity index (χ0) is 28.5. The third-order valence-electron chi connectivity index (χ3n) is 7.39. The molecule has 4 nitrogen and oxygen atoms in total. The summed E-state index contributed by atoms with van der Waals surface area (Å²) in [5.74, 6) is 0.354. The van der Waals surface area contributed by atoms with E-state index in [2.05, 4.69) is 45.0 Å². The molecule has 1 heterocycles. The van der Waals surface area contributed by atoms with Crippen LogP contribution in [0, 0.1) is 20.8 Å². The average molecular weight is 535 g/mol. The molecule has 0 aliphatic carbocycles. The van der Waals surface area contributed by atoms with Crippen LogP contribution in [0.5, 0.6) is 11.5 Å². The van der Waals surface area contributed by atoms with Gasteiger partial charge in [0, 0.05) is 10.9 Å². The van der Waals surface area contributed by atoms with E-state index in [-0.39, 0.29) is 11.5 Å². The Bertz CT molecular complexity index is 1910. The number of aliphatic imine (C=N–C) groups is 1. The Kier molecular flexibility index (Phi) is 6.82. The summed E-state index contributed by atoms with van der Waals surface area (Å²) >= 11 is 0. The molecule has 0 unspecified atom stereocenters. The molecule has 41 heavy (non-hydrogen) atoms. The predicted octanol–water partition coefficient (Wildman–Crippen LogP) is 9.32. The van der Waals surface area contributed by atoms with Crippen LogP contribution in [0.25, 0.3) is 44.3 Å². The Hall–Kier alpha value is -5.22. The summed E-state index contributed by atoms with van der Waals surface area (Å²) in [5.41, 5.74) is 10.3. The van der Waals surface area contributed by atoms with E-state index in [1.807, 2.05) is 78.9 Å². The van der Waals surface area contributed by atoms with Crippen molar-refractivity contribution in [1.82, 2.24) is 4.98 Å². The van der Waals surface area contributed by atoms with E-state index in [4.69, 9.17) is 9.98 Å². The van der Waals surface area contributed by atoms with Crippen LogP contribution in [0.2, 0.25) is 0 Å². The van der Waals surface area contributed by atoms with E-state index >= 15 is 0 Å². The van der Waals surface area contributed by atoms with Crippen LogP contribution in [0.3, 0.4) is 0 Å². The largest absolute Gasteiger partial charge is 0.507 e. The molecule has 0 amide bonds. The van der Waals surface area contributed by atoms with E-state index in [0.29, 0.717) is 28.0 Å². The summed E-state index contributed by atoms with van der Waals surface area (Å²) in [6, 6.07) is 35.4. The van der Waals surface area contributed by atoms with Crippen LogP contribution in [0.1, 0.15) is 22.4 Å². The number of benzene rings is 5. The van der Waals surface area contributed by atoms with E-state index in [1.165, 1.54) is 16.7 Å². The standard InChI is InChI=1S/C37H30N2O2/c1-23-17-24(2)36(25(3)18-23)28-15-16-31(35(41)21-28)33-20-29(26-9-5-4-6-10-26)19-30(39-33)22-38-32-13-7-11-27-12-8-14-34(40)37(27)32/h4-22,40-41H,1-3H3. The Morgan fingerprint density at radius 1 is 0.634 bits per heavy atom. The third-order valence-corrected chi connectivity index (χ3v) is 7.39. The third kappa shape index (κ3) is 5.20. The van der Waals surface area contributed by atoms with Crippen LogP contribution in [0.4, 0.5) is 5.69 Å². The van der Waals surface area contributed by atoms with Crippen LogP contribution in [-0.4, -0.2) is 21.4 Å². The second-order valence-corrected chi connectivity index (χ2v) is 10.4. The molecule has 200 valence electrons. The number of phenolic OH excluding ortho intramolecular Hbond substituents is 2. The van der Waals surface area contributed by atoms with Gasteiger partial charge < -0.3 is 10.2 Å². The quantitative estimate of drug-likeness (QED) is 0.217. The minimum absolute atomic E-state index is 0.168. The van der Waals surface area contributed by atoms with Crippen LogP contribution in [-0.2, 0) is 0 Å². The lowest BCUT2D eigenvalue weighted by molar-refractivity contribution is 0.477. The van der Waals surface area contributed by atoms with Crippen molar-refractivity contribution in [2.24, 2.45) is 4.99 Å². The van der Waals surface area contributed by atoms with Crippen molar-refractivity contribution < 1.29 is 10.2 Å². The van der Waals surface area contributed by atoms with Gasteiger partial charge in [-0.3, -0.25) is 4.99 Å². The van der Waals surface area contributed by atoms with Crippen molar-refractivity contribution >= 4 is 22.7 Å².